The molecule has 0 aliphatic heterocycles. The molecule has 0 aromatic heterocycles. The summed E-state index contributed by atoms with van der Waals surface area (Å²) in [6, 6.07) is 5.06. The molecule has 110 valence electrons. The lowest BCUT2D eigenvalue weighted by atomic mass is 10.1. The summed E-state index contributed by atoms with van der Waals surface area (Å²) in [5.74, 6) is -0.287. The molecule has 1 rings (SSSR count). The van der Waals surface area contributed by atoms with Crippen LogP contribution < -0.4 is 5.73 Å². The molecule has 1 aromatic rings. The second-order valence-electron chi connectivity index (χ2n) is 4.79. The smallest absolute Gasteiger partial charge is 0.254 e. The fourth-order valence-corrected chi connectivity index (χ4v) is 2.26. The van der Waals surface area contributed by atoms with E-state index in [2.05, 4.69) is 15.9 Å². The number of rotatable bonds is 5. The summed E-state index contributed by atoms with van der Waals surface area (Å²) in [5.41, 5.74) is 6.74. The second kappa shape index (κ2) is 7.28. The molecule has 0 unspecified atom stereocenters. The number of carbonyl (C=O) groups excluding carboxylic acids is 2. The number of nitrogens with two attached hydrogens (primary N) is 1. The summed E-state index contributed by atoms with van der Waals surface area (Å²) in [5, 5.41) is 0. The number of anilines is 1. The van der Waals surface area contributed by atoms with E-state index in [4.69, 9.17) is 5.73 Å². The Bertz CT molecular complexity index is 483. The van der Waals surface area contributed by atoms with E-state index >= 15 is 0 Å². The molecule has 0 bridgehead atoms. The fourth-order valence-electron chi connectivity index (χ4n) is 1.75. The van der Waals surface area contributed by atoms with Crippen molar-refractivity contribution in [1.29, 1.82) is 0 Å². The van der Waals surface area contributed by atoms with Crippen molar-refractivity contribution in [3.05, 3.63) is 28.2 Å². The van der Waals surface area contributed by atoms with Crippen molar-refractivity contribution in [1.82, 2.24) is 9.80 Å². The second-order valence-corrected chi connectivity index (χ2v) is 5.70. The van der Waals surface area contributed by atoms with Crippen molar-refractivity contribution in [3.8, 4) is 0 Å². The Labute approximate surface area is 127 Å². The average Bonchev–Trinajstić information content (AvgIpc) is 2.35. The van der Waals surface area contributed by atoms with Crippen LogP contribution in [0.4, 0.5) is 5.69 Å². The summed E-state index contributed by atoms with van der Waals surface area (Å²) >= 11 is 3.32. The predicted octanol–water partition coefficient (Wildman–Crippen LogP) is 1.97. The van der Waals surface area contributed by atoms with Crippen LogP contribution in [-0.4, -0.2) is 48.8 Å². The minimum Gasteiger partial charge on any atom is -0.399 e. The van der Waals surface area contributed by atoms with Gasteiger partial charge in [-0.2, -0.15) is 0 Å². The van der Waals surface area contributed by atoms with E-state index in [9.17, 15) is 9.59 Å². The van der Waals surface area contributed by atoms with Gasteiger partial charge in [-0.1, -0.05) is 22.9 Å². The molecule has 5 nitrogen and oxygen atoms in total. The van der Waals surface area contributed by atoms with Crippen LogP contribution in [0.1, 0.15) is 23.7 Å². The maximum Gasteiger partial charge on any atom is 0.254 e. The van der Waals surface area contributed by atoms with Crippen molar-refractivity contribution < 1.29 is 9.59 Å². The quantitative estimate of drug-likeness (QED) is 0.832. The first kappa shape index (κ1) is 16.5. The van der Waals surface area contributed by atoms with Gasteiger partial charge in [0.25, 0.3) is 5.91 Å². The summed E-state index contributed by atoms with van der Waals surface area (Å²) in [7, 11) is 3.35. The van der Waals surface area contributed by atoms with Crippen molar-refractivity contribution >= 4 is 33.4 Å². The van der Waals surface area contributed by atoms with Gasteiger partial charge in [-0.15, -0.1) is 0 Å². The number of nitrogens with zero attached hydrogens (tertiary/aromatic N) is 2. The maximum absolute atomic E-state index is 12.5. The number of likely N-dealkylation sites (N-methyl/N-ethyl adjacent to an activating group) is 1. The number of benzene rings is 1. The molecule has 0 aliphatic rings. The van der Waals surface area contributed by atoms with E-state index in [0.29, 0.717) is 17.8 Å². The summed E-state index contributed by atoms with van der Waals surface area (Å²) < 4.78 is 0.747. The third-order valence-corrected chi connectivity index (χ3v) is 3.23. The molecular weight excluding hydrogens is 322 g/mol. The zero-order chi connectivity index (χ0) is 15.3. The largest absolute Gasteiger partial charge is 0.399 e. The molecule has 2 amide bonds. The summed E-state index contributed by atoms with van der Waals surface area (Å²) in [6.45, 7) is 2.58. The van der Waals surface area contributed by atoms with Crippen LogP contribution in [0.3, 0.4) is 0 Å². The van der Waals surface area contributed by atoms with Gasteiger partial charge in [0.15, 0.2) is 0 Å². The van der Waals surface area contributed by atoms with Crippen LogP contribution in [0.2, 0.25) is 0 Å². The standard InChI is InChI=1S/C14H20BrN3O2/c1-4-5-18(9-13(19)17(2)3)14(20)10-6-11(15)8-12(16)7-10/h6-8H,4-5,9,16H2,1-3H3. The van der Waals surface area contributed by atoms with Gasteiger partial charge in [0, 0.05) is 36.4 Å². The molecule has 0 heterocycles. The first-order valence-corrected chi connectivity index (χ1v) is 7.20. The minimum absolute atomic E-state index is 0.0755. The SMILES string of the molecule is CCCN(CC(=O)N(C)C)C(=O)c1cc(N)cc(Br)c1. The molecular formula is C14H20BrN3O2. The lowest BCUT2D eigenvalue weighted by Crippen LogP contribution is -2.40. The highest BCUT2D eigenvalue weighted by Gasteiger charge is 2.19. The molecule has 0 radical (unpaired) electrons. The van der Waals surface area contributed by atoms with E-state index in [1.807, 2.05) is 6.92 Å². The number of halogens is 1. The Balaban J connectivity index is 2.95. The van der Waals surface area contributed by atoms with Crippen molar-refractivity contribution in [2.24, 2.45) is 0 Å². The lowest BCUT2D eigenvalue weighted by Gasteiger charge is -2.23. The fraction of sp³-hybridized carbons (Fsp3) is 0.429. The highest BCUT2D eigenvalue weighted by atomic mass is 79.9. The molecule has 2 N–H and O–H groups in total. The van der Waals surface area contributed by atoms with E-state index in [1.54, 1.807) is 37.2 Å². The predicted molar refractivity (Wildman–Crippen MR) is 83.4 cm³/mol. The van der Waals surface area contributed by atoms with Gasteiger partial charge in [0.1, 0.15) is 6.54 Å². The third kappa shape index (κ3) is 4.52. The molecule has 0 spiro atoms. The Morgan fingerprint density at radius 3 is 2.40 bits per heavy atom. The van der Waals surface area contributed by atoms with E-state index in [1.165, 1.54) is 4.90 Å². The first-order chi connectivity index (χ1) is 9.35. The average molecular weight is 342 g/mol. The normalized spacial score (nSPS) is 10.2. The zero-order valence-electron chi connectivity index (χ0n) is 12.0. The van der Waals surface area contributed by atoms with Crippen LogP contribution >= 0.6 is 15.9 Å². The molecule has 0 fully saturated rings. The zero-order valence-corrected chi connectivity index (χ0v) is 13.6. The number of hydrogen-bond acceptors (Lipinski definition) is 3. The summed E-state index contributed by atoms with van der Waals surface area (Å²) in [4.78, 5) is 27.3. The highest BCUT2D eigenvalue weighted by molar-refractivity contribution is 9.10. The first-order valence-electron chi connectivity index (χ1n) is 6.40. The Morgan fingerprint density at radius 1 is 1.25 bits per heavy atom. The lowest BCUT2D eigenvalue weighted by molar-refractivity contribution is -0.129. The number of hydrogen-bond donors (Lipinski definition) is 1. The molecule has 0 saturated carbocycles. The van der Waals surface area contributed by atoms with E-state index < -0.39 is 0 Å². The van der Waals surface area contributed by atoms with Crippen LogP contribution in [0.15, 0.2) is 22.7 Å². The third-order valence-electron chi connectivity index (χ3n) is 2.77. The van der Waals surface area contributed by atoms with E-state index in [0.717, 1.165) is 10.9 Å². The van der Waals surface area contributed by atoms with Crippen molar-refractivity contribution in [3.63, 3.8) is 0 Å². The number of amides is 2. The molecule has 0 saturated heterocycles. The van der Waals surface area contributed by atoms with Crippen LogP contribution in [0.25, 0.3) is 0 Å². The van der Waals surface area contributed by atoms with Gasteiger partial charge >= 0.3 is 0 Å². The Kier molecular flexibility index (Phi) is 6.01. The Hall–Kier alpha value is -1.56. The summed E-state index contributed by atoms with van der Waals surface area (Å²) in [6.07, 6.45) is 0.788. The highest BCUT2D eigenvalue weighted by Crippen LogP contribution is 2.18. The van der Waals surface area contributed by atoms with Gasteiger partial charge in [0.05, 0.1) is 0 Å². The van der Waals surface area contributed by atoms with Crippen molar-refractivity contribution in [2.45, 2.75) is 13.3 Å². The van der Waals surface area contributed by atoms with Gasteiger partial charge in [-0.05, 0) is 24.6 Å². The molecule has 20 heavy (non-hydrogen) atoms. The van der Waals surface area contributed by atoms with Crippen LogP contribution in [-0.2, 0) is 4.79 Å². The van der Waals surface area contributed by atoms with Crippen LogP contribution in [0.5, 0.6) is 0 Å². The van der Waals surface area contributed by atoms with Crippen LogP contribution in [0, 0.1) is 0 Å². The number of nitrogen functional groups attached to an aromatic ring is 1. The molecule has 6 heteroatoms. The van der Waals surface area contributed by atoms with Gasteiger partial charge in [-0.3, -0.25) is 9.59 Å². The molecule has 0 aliphatic carbocycles. The topological polar surface area (TPSA) is 66.6 Å². The van der Waals surface area contributed by atoms with Crippen molar-refractivity contribution in [2.75, 3.05) is 32.9 Å². The molecule has 0 atom stereocenters. The maximum atomic E-state index is 12.5. The van der Waals surface area contributed by atoms with Gasteiger partial charge in [0.2, 0.25) is 5.91 Å². The Morgan fingerprint density at radius 2 is 1.90 bits per heavy atom. The molecule has 1 aromatic carbocycles. The minimum atomic E-state index is -0.185. The number of carbonyl (C=O) groups is 2. The van der Waals surface area contributed by atoms with E-state index in [-0.39, 0.29) is 18.4 Å². The van der Waals surface area contributed by atoms with Gasteiger partial charge < -0.3 is 15.5 Å². The van der Waals surface area contributed by atoms with Gasteiger partial charge in [-0.25, -0.2) is 0 Å². The monoisotopic (exact) mass is 341 g/mol.